The van der Waals surface area contributed by atoms with E-state index in [1.54, 1.807) is 4.90 Å². The first-order valence-electron chi connectivity index (χ1n) is 9.09. The lowest BCUT2D eigenvalue weighted by Crippen LogP contribution is -2.50. The minimum atomic E-state index is -0.916. The van der Waals surface area contributed by atoms with E-state index in [4.69, 9.17) is 9.84 Å². The summed E-state index contributed by atoms with van der Waals surface area (Å²) in [6, 6.07) is 13.9. The van der Waals surface area contributed by atoms with Crippen molar-refractivity contribution in [2.45, 2.75) is 18.9 Å². The lowest BCUT2D eigenvalue weighted by atomic mass is 10.0. The Labute approximate surface area is 156 Å². The third-order valence-corrected chi connectivity index (χ3v) is 5.29. The Morgan fingerprint density at radius 3 is 2.74 bits per heavy atom. The fraction of sp³-hybridized carbons (Fsp3) is 0.333. The molecule has 6 heteroatoms. The Morgan fingerprint density at radius 1 is 1.15 bits per heavy atom. The minimum Gasteiger partial charge on any atom is -0.481 e. The van der Waals surface area contributed by atoms with Gasteiger partial charge in [0, 0.05) is 35.4 Å². The smallest absolute Gasteiger partial charge is 0.305 e. The Balaban J connectivity index is 1.62. The van der Waals surface area contributed by atoms with Crippen LogP contribution in [0.25, 0.3) is 21.8 Å². The second kappa shape index (κ2) is 7.04. The van der Waals surface area contributed by atoms with Gasteiger partial charge in [-0.1, -0.05) is 24.3 Å². The van der Waals surface area contributed by atoms with Crippen LogP contribution in [0.3, 0.4) is 0 Å². The summed E-state index contributed by atoms with van der Waals surface area (Å²) in [5, 5.41) is 11.4. The topological polar surface area (TPSA) is 71.8 Å². The molecule has 1 fully saturated rings. The average Bonchev–Trinajstić information content (AvgIpc) is 2.94. The highest BCUT2D eigenvalue weighted by Gasteiger charge is 2.29. The quantitative estimate of drug-likeness (QED) is 0.770. The number of para-hydroxylation sites is 1. The molecule has 2 aromatic carbocycles. The van der Waals surface area contributed by atoms with Crippen LogP contribution in [0.5, 0.6) is 0 Å². The Hall–Kier alpha value is -2.86. The molecular formula is C21H22N2O4. The summed E-state index contributed by atoms with van der Waals surface area (Å²) in [7, 11) is 2.04. The summed E-state index contributed by atoms with van der Waals surface area (Å²) in [4.78, 5) is 25.6. The van der Waals surface area contributed by atoms with Gasteiger partial charge in [0.1, 0.15) is 0 Å². The van der Waals surface area contributed by atoms with E-state index in [2.05, 4.69) is 22.8 Å². The molecule has 1 aliphatic rings. The monoisotopic (exact) mass is 366 g/mol. The van der Waals surface area contributed by atoms with Gasteiger partial charge in [-0.2, -0.15) is 0 Å². The lowest BCUT2D eigenvalue weighted by molar-refractivity contribution is -0.145. The second-order valence-corrected chi connectivity index (χ2v) is 7.02. The third-order valence-electron chi connectivity index (χ3n) is 5.29. The van der Waals surface area contributed by atoms with Crippen LogP contribution in [-0.4, -0.2) is 52.3 Å². The number of carboxylic acids is 1. The van der Waals surface area contributed by atoms with Crippen molar-refractivity contribution >= 4 is 33.7 Å². The Kier molecular flexibility index (Phi) is 4.58. The molecule has 1 amide bonds. The van der Waals surface area contributed by atoms with Gasteiger partial charge in [-0.3, -0.25) is 9.59 Å². The normalized spacial score (nSPS) is 17.5. The maximum atomic E-state index is 12.8. The van der Waals surface area contributed by atoms with Gasteiger partial charge < -0.3 is 19.3 Å². The molecule has 1 aromatic heterocycles. The van der Waals surface area contributed by atoms with Crippen LogP contribution >= 0.6 is 0 Å². The summed E-state index contributed by atoms with van der Waals surface area (Å²) in [6.07, 6.45) is 0.170. The molecule has 1 saturated heterocycles. The molecule has 140 valence electrons. The van der Waals surface area contributed by atoms with E-state index in [0.29, 0.717) is 13.2 Å². The number of benzene rings is 2. The minimum absolute atomic E-state index is 0.0517. The van der Waals surface area contributed by atoms with Crippen LogP contribution in [0.15, 0.2) is 42.5 Å². The molecule has 27 heavy (non-hydrogen) atoms. The van der Waals surface area contributed by atoms with Crippen LogP contribution in [-0.2, 0) is 27.8 Å². The zero-order chi connectivity index (χ0) is 19.0. The number of nitrogens with zero attached hydrogens (tertiary/aromatic N) is 2. The van der Waals surface area contributed by atoms with Crippen molar-refractivity contribution in [1.29, 1.82) is 0 Å². The van der Waals surface area contributed by atoms with Gasteiger partial charge in [0.2, 0.25) is 5.91 Å². The van der Waals surface area contributed by atoms with E-state index in [0.717, 1.165) is 22.0 Å². The highest BCUT2D eigenvalue weighted by molar-refractivity contribution is 6.08. The number of ether oxygens (including phenoxy) is 1. The first kappa shape index (κ1) is 17.5. The fourth-order valence-electron chi connectivity index (χ4n) is 3.96. The van der Waals surface area contributed by atoms with E-state index in [1.165, 1.54) is 5.39 Å². The van der Waals surface area contributed by atoms with Crippen LogP contribution in [0.1, 0.15) is 12.0 Å². The number of carbonyl (C=O) groups excluding carboxylic acids is 1. The summed E-state index contributed by atoms with van der Waals surface area (Å²) in [5.41, 5.74) is 3.22. The van der Waals surface area contributed by atoms with Gasteiger partial charge in [0.25, 0.3) is 0 Å². The van der Waals surface area contributed by atoms with E-state index in [1.807, 2.05) is 31.3 Å². The van der Waals surface area contributed by atoms with E-state index >= 15 is 0 Å². The molecule has 1 aliphatic heterocycles. The predicted molar refractivity (Wildman–Crippen MR) is 103 cm³/mol. The van der Waals surface area contributed by atoms with E-state index in [-0.39, 0.29) is 25.4 Å². The number of aromatic nitrogens is 1. The molecule has 3 aromatic rings. The Bertz CT molecular complexity index is 1020. The highest BCUT2D eigenvalue weighted by Crippen LogP contribution is 2.29. The van der Waals surface area contributed by atoms with Crippen molar-refractivity contribution in [2.24, 2.45) is 7.05 Å². The zero-order valence-corrected chi connectivity index (χ0v) is 15.2. The van der Waals surface area contributed by atoms with Gasteiger partial charge in [-0.05, 0) is 23.8 Å². The Morgan fingerprint density at radius 2 is 1.93 bits per heavy atom. The summed E-state index contributed by atoms with van der Waals surface area (Å²) >= 11 is 0. The number of hydrogen-bond acceptors (Lipinski definition) is 3. The molecule has 0 saturated carbocycles. The van der Waals surface area contributed by atoms with Crippen LogP contribution in [0, 0.1) is 0 Å². The SMILES string of the molecule is Cn1c2ccccc2c2cc(CC(=O)N3CCOC[C@H]3CC(=O)O)ccc21. The molecule has 0 aliphatic carbocycles. The number of hydrogen-bond donors (Lipinski definition) is 1. The number of carbonyl (C=O) groups is 2. The molecule has 1 N–H and O–H groups in total. The first-order chi connectivity index (χ1) is 13.0. The molecular weight excluding hydrogens is 344 g/mol. The number of fused-ring (bicyclic) bond motifs is 3. The summed E-state index contributed by atoms with van der Waals surface area (Å²) in [6.45, 7) is 1.16. The van der Waals surface area contributed by atoms with Gasteiger partial charge >= 0.3 is 5.97 Å². The molecule has 0 bridgehead atoms. The number of carboxylic acid groups (broad SMARTS) is 1. The van der Waals surface area contributed by atoms with Gasteiger partial charge in [0.05, 0.1) is 32.1 Å². The molecule has 0 spiro atoms. The third kappa shape index (κ3) is 3.28. The lowest BCUT2D eigenvalue weighted by Gasteiger charge is -2.35. The molecule has 0 unspecified atom stereocenters. The molecule has 0 radical (unpaired) electrons. The van der Waals surface area contributed by atoms with Crippen LogP contribution < -0.4 is 0 Å². The van der Waals surface area contributed by atoms with Crippen molar-refractivity contribution in [3.63, 3.8) is 0 Å². The summed E-state index contributed by atoms with van der Waals surface area (Å²) in [5.74, 6) is -0.968. The van der Waals surface area contributed by atoms with Gasteiger partial charge in [0.15, 0.2) is 0 Å². The number of aryl methyl sites for hydroxylation is 1. The largest absolute Gasteiger partial charge is 0.481 e. The number of aliphatic carboxylic acids is 1. The predicted octanol–water partition coefficient (Wildman–Crippen LogP) is 2.58. The highest BCUT2D eigenvalue weighted by atomic mass is 16.5. The standard InChI is InChI=1S/C21H22N2O4/c1-22-18-5-3-2-4-16(18)17-10-14(6-7-19(17)22)11-20(24)23-8-9-27-13-15(23)12-21(25)26/h2-7,10,15H,8-9,11-13H2,1H3,(H,25,26)/t15-/m1/s1. The summed E-state index contributed by atoms with van der Waals surface area (Å²) < 4.78 is 7.52. The maximum Gasteiger partial charge on any atom is 0.305 e. The molecule has 4 rings (SSSR count). The zero-order valence-electron chi connectivity index (χ0n) is 15.2. The van der Waals surface area contributed by atoms with Crippen LogP contribution in [0.4, 0.5) is 0 Å². The first-order valence-corrected chi connectivity index (χ1v) is 9.09. The van der Waals surface area contributed by atoms with Crippen molar-refractivity contribution in [2.75, 3.05) is 19.8 Å². The number of morpholine rings is 1. The van der Waals surface area contributed by atoms with E-state index < -0.39 is 12.0 Å². The van der Waals surface area contributed by atoms with Crippen molar-refractivity contribution in [1.82, 2.24) is 9.47 Å². The van der Waals surface area contributed by atoms with Crippen molar-refractivity contribution in [3.8, 4) is 0 Å². The second-order valence-electron chi connectivity index (χ2n) is 7.02. The van der Waals surface area contributed by atoms with Crippen molar-refractivity contribution in [3.05, 3.63) is 48.0 Å². The van der Waals surface area contributed by atoms with Crippen LogP contribution in [0.2, 0.25) is 0 Å². The number of rotatable bonds is 4. The average molecular weight is 366 g/mol. The molecule has 6 nitrogen and oxygen atoms in total. The van der Waals surface area contributed by atoms with E-state index in [9.17, 15) is 9.59 Å². The van der Waals surface area contributed by atoms with Crippen molar-refractivity contribution < 1.29 is 19.4 Å². The van der Waals surface area contributed by atoms with Gasteiger partial charge in [-0.15, -0.1) is 0 Å². The molecule has 1 atom stereocenters. The fourth-order valence-corrected chi connectivity index (χ4v) is 3.96. The van der Waals surface area contributed by atoms with Gasteiger partial charge in [-0.25, -0.2) is 0 Å². The number of amides is 1. The maximum absolute atomic E-state index is 12.8. The molecule has 2 heterocycles.